The van der Waals surface area contributed by atoms with Crippen molar-refractivity contribution in [3.05, 3.63) is 41.8 Å². The van der Waals surface area contributed by atoms with E-state index in [9.17, 15) is 4.79 Å². The van der Waals surface area contributed by atoms with Gasteiger partial charge in [-0.25, -0.2) is 0 Å². The molecule has 0 fully saturated rings. The van der Waals surface area contributed by atoms with Gasteiger partial charge in [0.2, 0.25) is 0 Å². The average Bonchev–Trinajstić information content (AvgIpc) is 2.16. The van der Waals surface area contributed by atoms with E-state index in [0.29, 0.717) is 11.1 Å². The van der Waals surface area contributed by atoms with Gasteiger partial charge in [0.05, 0.1) is 5.56 Å². The molecule has 0 aliphatic heterocycles. The first-order valence-electron chi connectivity index (χ1n) is 4.16. The molecule has 0 aliphatic rings. The zero-order valence-electron chi connectivity index (χ0n) is 7.74. The van der Waals surface area contributed by atoms with Crippen LogP contribution in [-0.4, -0.2) is 17.2 Å². The molecule has 1 rings (SSSR count). The van der Waals surface area contributed by atoms with E-state index in [1.165, 1.54) is 6.92 Å². The molecule has 1 aromatic carbocycles. The molecule has 0 aliphatic carbocycles. The Balaban J connectivity index is 2.96. The Morgan fingerprint density at radius 2 is 2.21 bits per heavy atom. The van der Waals surface area contributed by atoms with E-state index in [1.807, 2.05) is 0 Å². The third-order valence-electron chi connectivity index (χ3n) is 1.65. The van der Waals surface area contributed by atoms with Gasteiger partial charge in [0.25, 0.3) is 5.91 Å². The number of amides is 1. The lowest BCUT2D eigenvalue weighted by Gasteiger charge is -2.08. The van der Waals surface area contributed by atoms with E-state index >= 15 is 0 Å². The lowest BCUT2D eigenvalue weighted by atomic mass is 10.1. The molecule has 0 heterocycles. The van der Waals surface area contributed by atoms with Crippen molar-refractivity contribution >= 4 is 5.91 Å². The van der Waals surface area contributed by atoms with Gasteiger partial charge in [0.1, 0.15) is 6.23 Å². The number of hydrogen-bond acceptors (Lipinski definition) is 2. The highest BCUT2D eigenvalue weighted by Gasteiger charge is 2.10. The van der Waals surface area contributed by atoms with E-state index in [1.54, 1.807) is 24.3 Å². The van der Waals surface area contributed by atoms with Gasteiger partial charge in [-0.3, -0.25) is 4.79 Å². The predicted molar refractivity (Wildman–Crippen MR) is 51.8 cm³/mol. The molecule has 2 N–H and O–H groups in total. The topological polar surface area (TPSA) is 49.3 Å². The van der Waals surface area contributed by atoms with Crippen molar-refractivity contribution in [2.45, 2.75) is 13.2 Å². The summed E-state index contributed by atoms with van der Waals surface area (Å²) in [4.78, 5) is 11.4. The Morgan fingerprint density at radius 1 is 1.57 bits per heavy atom. The maximum atomic E-state index is 11.4. The van der Waals surface area contributed by atoms with Crippen molar-refractivity contribution in [3.8, 4) is 5.92 Å². The second kappa shape index (κ2) is 4.45. The van der Waals surface area contributed by atoms with Crippen molar-refractivity contribution in [3.63, 3.8) is 0 Å². The standard InChI is InChI=1S/C11H10NO2/c1-3-9-6-4-5-7-10(9)11(14)12-8(2)13/h4-8,13H,2H3,(H,12,14). The van der Waals surface area contributed by atoms with Crippen molar-refractivity contribution in [2.24, 2.45) is 0 Å². The molecule has 0 bridgehead atoms. The molecule has 3 heteroatoms. The second-order valence-electron chi connectivity index (χ2n) is 2.82. The molecule has 1 radical (unpaired) electrons. The molecule has 14 heavy (non-hydrogen) atoms. The fourth-order valence-electron chi connectivity index (χ4n) is 1.06. The smallest absolute Gasteiger partial charge is 0.254 e. The summed E-state index contributed by atoms with van der Waals surface area (Å²) in [6, 6.07) is 6.60. The van der Waals surface area contributed by atoms with E-state index < -0.39 is 12.1 Å². The van der Waals surface area contributed by atoms with Crippen molar-refractivity contribution in [2.75, 3.05) is 0 Å². The highest BCUT2D eigenvalue weighted by Crippen LogP contribution is 2.06. The largest absolute Gasteiger partial charge is 0.374 e. The van der Waals surface area contributed by atoms with Crippen LogP contribution in [0.1, 0.15) is 22.8 Å². The second-order valence-corrected chi connectivity index (χ2v) is 2.82. The fourth-order valence-corrected chi connectivity index (χ4v) is 1.06. The number of nitrogens with one attached hydrogen (secondary N) is 1. The van der Waals surface area contributed by atoms with Gasteiger partial charge in [0.15, 0.2) is 0 Å². The predicted octanol–water partition coefficient (Wildman–Crippen LogP) is 0.693. The normalized spacial score (nSPS) is 11.5. The maximum absolute atomic E-state index is 11.4. The van der Waals surface area contributed by atoms with Crippen LogP contribution in [0.2, 0.25) is 0 Å². The average molecular weight is 188 g/mol. The minimum absolute atomic E-state index is 0.336. The van der Waals surface area contributed by atoms with Gasteiger partial charge >= 0.3 is 0 Å². The van der Waals surface area contributed by atoms with Crippen LogP contribution in [0, 0.1) is 12.3 Å². The molecular weight excluding hydrogens is 178 g/mol. The van der Waals surface area contributed by atoms with Crippen LogP contribution in [0.3, 0.4) is 0 Å². The Kier molecular flexibility index (Phi) is 3.27. The maximum Gasteiger partial charge on any atom is 0.254 e. The monoisotopic (exact) mass is 188 g/mol. The zero-order valence-corrected chi connectivity index (χ0v) is 7.74. The Morgan fingerprint density at radius 3 is 2.79 bits per heavy atom. The lowest BCUT2D eigenvalue weighted by Crippen LogP contribution is -2.32. The SMILES string of the molecule is [C]#Cc1ccccc1C(=O)NC(C)O. The quantitative estimate of drug-likeness (QED) is 0.530. The van der Waals surface area contributed by atoms with E-state index in [4.69, 9.17) is 11.5 Å². The summed E-state index contributed by atoms with van der Waals surface area (Å²) in [7, 11) is 0. The van der Waals surface area contributed by atoms with Crippen molar-refractivity contribution in [1.29, 1.82) is 0 Å². The van der Waals surface area contributed by atoms with Gasteiger partial charge in [-0.05, 0) is 25.5 Å². The summed E-state index contributed by atoms with van der Waals surface area (Å²) in [5.74, 6) is 1.75. The molecule has 1 amide bonds. The minimum atomic E-state index is -0.902. The molecule has 0 aromatic heterocycles. The number of carbonyl (C=O) groups is 1. The summed E-state index contributed by atoms with van der Waals surface area (Å²) >= 11 is 0. The minimum Gasteiger partial charge on any atom is -0.374 e. The Bertz CT molecular complexity index is 377. The molecule has 3 nitrogen and oxygen atoms in total. The Hall–Kier alpha value is -1.79. The van der Waals surface area contributed by atoms with Crippen LogP contribution >= 0.6 is 0 Å². The van der Waals surface area contributed by atoms with Crippen LogP contribution in [0.25, 0.3) is 0 Å². The molecule has 71 valence electrons. The number of rotatable bonds is 2. The summed E-state index contributed by atoms with van der Waals surface area (Å²) in [5, 5.41) is 11.3. The molecule has 1 unspecified atom stereocenters. The molecule has 1 atom stereocenters. The van der Waals surface area contributed by atoms with Crippen LogP contribution in [0.5, 0.6) is 0 Å². The van der Waals surface area contributed by atoms with Crippen LogP contribution in [0.4, 0.5) is 0 Å². The molecule has 0 spiro atoms. The fraction of sp³-hybridized carbons (Fsp3) is 0.182. The highest BCUT2D eigenvalue weighted by molar-refractivity contribution is 5.96. The van der Waals surface area contributed by atoms with Gasteiger partial charge in [-0.2, -0.15) is 0 Å². The number of hydrogen-bond donors (Lipinski definition) is 2. The first kappa shape index (κ1) is 10.3. The number of benzene rings is 1. The first-order valence-corrected chi connectivity index (χ1v) is 4.16. The molecule has 0 saturated heterocycles. The first-order chi connectivity index (χ1) is 6.65. The lowest BCUT2D eigenvalue weighted by molar-refractivity contribution is 0.0818. The summed E-state index contributed by atoms with van der Waals surface area (Å²) < 4.78 is 0. The van der Waals surface area contributed by atoms with Crippen LogP contribution in [-0.2, 0) is 0 Å². The molecule has 1 aromatic rings. The van der Waals surface area contributed by atoms with Gasteiger partial charge < -0.3 is 10.4 Å². The van der Waals surface area contributed by atoms with Crippen LogP contribution in [0.15, 0.2) is 24.3 Å². The summed E-state index contributed by atoms with van der Waals surface area (Å²) in [6.07, 6.45) is 6.07. The van der Waals surface area contributed by atoms with E-state index in [2.05, 4.69) is 11.2 Å². The van der Waals surface area contributed by atoms with Crippen molar-refractivity contribution in [1.82, 2.24) is 5.32 Å². The Labute approximate surface area is 82.8 Å². The zero-order chi connectivity index (χ0) is 10.6. The third kappa shape index (κ3) is 2.35. The van der Waals surface area contributed by atoms with Gasteiger partial charge in [-0.15, -0.1) is 0 Å². The molecule has 0 saturated carbocycles. The number of carbonyl (C=O) groups excluding carboxylic acids is 1. The van der Waals surface area contributed by atoms with E-state index in [0.717, 1.165) is 0 Å². The van der Waals surface area contributed by atoms with Crippen LogP contribution < -0.4 is 5.32 Å². The highest BCUT2D eigenvalue weighted by atomic mass is 16.3. The van der Waals surface area contributed by atoms with Gasteiger partial charge in [0, 0.05) is 5.56 Å². The van der Waals surface area contributed by atoms with Gasteiger partial charge in [-0.1, -0.05) is 18.1 Å². The molecular formula is C11H10NO2. The van der Waals surface area contributed by atoms with E-state index in [-0.39, 0.29) is 0 Å². The summed E-state index contributed by atoms with van der Waals surface area (Å²) in [5.41, 5.74) is 0.744. The summed E-state index contributed by atoms with van der Waals surface area (Å²) in [6.45, 7) is 1.45. The van der Waals surface area contributed by atoms with Crippen molar-refractivity contribution < 1.29 is 9.90 Å². The third-order valence-corrected chi connectivity index (χ3v) is 1.65. The number of aliphatic hydroxyl groups excluding tert-OH is 1. The number of aliphatic hydroxyl groups is 1.